The number of nitrogens with zero attached hydrogens (tertiary/aromatic N) is 1. The van der Waals surface area contributed by atoms with Gasteiger partial charge < -0.3 is 0 Å². The number of fused-ring (bicyclic) bond motifs is 1. The van der Waals surface area contributed by atoms with Crippen LogP contribution < -0.4 is 4.57 Å². The molecule has 0 amide bonds. The number of pyridine rings is 1. The van der Waals surface area contributed by atoms with E-state index in [-0.39, 0.29) is 0 Å². The van der Waals surface area contributed by atoms with Crippen molar-refractivity contribution in [2.45, 2.75) is 33.6 Å². The number of thiophene rings is 1. The zero-order valence-corrected chi connectivity index (χ0v) is 10.9. The molecule has 0 N–H and O–H groups in total. The third-order valence-corrected chi connectivity index (χ3v) is 4.22. The molecule has 2 rings (SSSR count). The number of rotatable bonds is 1. The minimum Gasteiger partial charge on any atom is -0.197 e. The first-order chi connectivity index (χ1) is 7.04. The fourth-order valence-electron chi connectivity index (χ4n) is 2.41. The SMILES string of the molecule is Cc1c(C)c2sccc2[n+](C)c1C(C)C. The Morgan fingerprint density at radius 2 is 1.87 bits per heavy atom. The summed E-state index contributed by atoms with van der Waals surface area (Å²) in [4.78, 5) is 0. The highest BCUT2D eigenvalue weighted by Gasteiger charge is 2.21. The summed E-state index contributed by atoms with van der Waals surface area (Å²) in [5, 5.41) is 2.18. The van der Waals surface area contributed by atoms with Crippen molar-refractivity contribution in [2.75, 3.05) is 0 Å². The fraction of sp³-hybridized carbons (Fsp3) is 0.462. The highest BCUT2D eigenvalue weighted by molar-refractivity contribution is 7.17. The average Bonchev–Trinajstić information content (AvgIpc) is 2.62. The first-order valence-electron chi connectivity index (χ1n) is 5.40. The van der Waals surface area contributed by atoms with Crippen LogP contribution in [0.25, 0.3) is 10.2 Å². The van der Waals surface area contributed by atoms with Gasteiger partial charge in [0.2, 0.25) is 5.52 Å². The molecule has 2 aromatic rings. The average molecular weight is 220 g/mol. The van der Waals surface area contributed by atoms with Crippen molar-refractivity contribution in [1.29, 1.82) is 0 Å². The lowest BCUT2D eigenvalue weighted by Crippen LogP contribution is -2.36. The summed E-state index contributed by atoms with van der Waals surface area (Å²) in [5.41, 5.74) is 5.72. The van der Waals surface area contributed by atoms with Crippen LogP contribution in [0.4, 0.5) is 0 Å². The Hall–Kier alpha value is -0.890. The zero-order valence-electron chi connectivity index (χ0n) is 10.1. The van der Waals surface area contributed by atoms with E-state index in [0.29, 0.717) is 5.92 Å². The summed E-state index contributed by atoms with van der Waals surface area (Å²) >= 11 is 1.84. The number of hydrogen-bond donors (Lipinski definition) is 0. The van der Waals surface area contributed by atoms with Gasteiger partial charge in [-0.15, -0.1) is 11.3 Å². The lowest BCUT2D eigenvalue weighted by Gasteiger charge is -2.10. The van der Waals surface area contributed by atoms with Gasteiger partial charge >= 0.3 is 0 Å². The Kier molecular flexibility index (Phi) is 2.55. The highest BCUT2D eigenvalue weighted by Crippen LogP contribution is 2.28. The van der Waals surface area contributed by atoms with Crippen LogP contribution in [0.2, 0.25) is 0 Å². The first kappa shape index (κ1) is 10.6. The topological polar surface area (TPSA) is 3.88 Å². The predicted molar refractivity (Wildman–Crippen MR) is 66.6 cm³/mol. The van der Waals surface area contributed by atoms with Gasteiger partial charge in [-0.3, -0.25) is 0 Å². The van der Waals surface area contributed by atoms with Crippen LogP contribution in [0.5, 0.6) is 0 Å². The van der Waals surface area contributed by atoms with Crippen molar-refractivity contribution in [3.8, 4) is 0 Å². The summed E-state index contributed by atoms with van der Waals surface area (Å²) in [6.45, 7) is 9.00. The second kappa shape index (κ2) is 3.60. The van der Waals surface area contributed by atoms with Crippen LogP contribution in [-0.2, 0) is 7.05 Å². The molecule has 0 unspecified atom stereocenters. The molecule has 0 aliphatic heterocycles. The normalized spacial score (nSPS) is 11.6. The van der Waals surface area contributed by atoms with Crippen molar-refractivity contribution in [1.82, 2.24) is 0 Å². The van der Waals surface area contributed by atoms with Gasteiger partial charge in [0.15, 0.2) is 5.69 Å². The minimum atomic E-state index is 0.581. The molecule has 15 heavy (non-hydrogen) atoms. The van der Waals surface area contributed by atoms with E-state index in [0.717, 1.165) is 0 Å². The van der Waals surface area contributed by atoms with Crippen LogP contribution in [-0.4, -0.2) is 0 Å². The molecule has 80 valence electrons. The molecule has 0 bridgehead atoms. The maximum absolute atomic E-state index is 2.35. The molecule has 0 spiro atoms. The summed E-state index contributed by atoms with van der Waals surface area (Å²) in [6, 6.07) is 2.22. The van der Waals surface area contributed by atoms with E-state index in [1.165, 1.54) is 27.0 Å². The van der Waals surface area contributed by atoms with E-state index in [1.807, 2.05) is 11.3 Å². The lowest BCUT2D eigenvalue weighted by molar-refractivity contribution is -0.654. The van der Waals surface area contributed by atoms with Gasteiger partial charge in [-0.25, -0.2) is 0 Å². The highest BCUT2D eigenvalue weighted by atomic mass is 32.1. The molecule has 0 aliphatic carbocycles. The van der Waals surface area contributed by atoms with Gasteiger partial charge in [0.25, 0.3) is 0 Å². The van der Waals surface area contributed by atoms with E-state index < -0.39 is 0 Å². The largest absolute Gasteiger partial charge is 0.223 e. The lowest BCUT2D eigenvalue weighted by atomic mass is 10.00. The van der Waals surface area contributed by atoms with E-state index in [2.05, 4.69) is 50.8 Å². The Labute approximate surface area is 95.4 Å². The number of hydrogen-bond acceptors (Lipinski definition) is 1. The third kappa shape index (κ3) is 1.48. The van der Waals surface area contributed by atoms with Crippen molar-refractivity contribution in [3.05, 3.63) is 28.3 Å². The standard InChI is InChI=1S/C13H18NS/c1-8(2)12-9(3)10(4)13-11(14(12)5)6-7-15-13/h6-8H,1-5H3/q+1. The molecule has 0 atom stereocenters. The van der Waals surface area contributed by atoms with Crippen molar-refractivity contribution in [3.63, 3.8) is 0 Å². The number of aryl methyl sites for hydroxylation is 2. The summed E-state index contributed by atoms with van der Waals surface area (Å²) in [6.07, 6.45) is 0. The van der Waals surface area contributed by atoms with E-state index >= 15 is 0 Å². The molecule has 0 saturated heterocycles. The predicted octanol–water partition coefficient (Wildman–Crippen LogP) is 3.47. The van der Waals surface area contributed by atoms with E-state index in [4.69, 9.17) is 0 Å². The van der Waals surface area contributed by atoms with Crippen LogP contribution >= 0.6 is 11.3 Å². The van der Waals surface area contributed by atoms with Gasteiger partial charge in [-0.2, -0.15) is 4.57 Å². The molecule has 0 fully saturated rings. The van der Waals surface area contributed by atoms with E-state index in [9.17, 15) is 0 Å². The molecule has 0 aliphatic rings. The summed E-state index contributed by atoms with van der Waals surface area (Å²) in [5.74, 6) is 0.581. The molecule has 1 nitrogen and oxygen atoms in total. The maximum atomic E-state index is 2.35. The quantitative estimate of drug-likeness (QED) is 0.648. The van der Waals surface area contributed by atoms with Gasteiger partial charge in [-0.1, -0.05) is 13.8 Å². The number of aromatic nitrogens is 1. The van der Waals surface area contributed by atoms with Crippen LogP contribution in [0.1, 0.15) is 36.6 Å². The Bertz CT molecular complexity index is 509. The molecule has 0 radical (unpaired) electrons. The van der Waals surface area contributed by atoms with Crippen molar-refractivity contribution >= 4 is 21.6 Å². The van der Waals surface area contributed by atoms with E-state index in [1.54, 1.807) is 0 Å². The molecule has 2 heterocycles. The fourth-order valence-corrected chi connectivity index (χ4v) is 3.40. The Morgan fingerprint density at radius 3 is 2.47 bits per heavy atom. The Balaban J connectivity index is 2.92. The Morgan fingerprint density at radius 1 is 1.20 bits per heavy atom. The second-order valence-electron chi connectivity index (χ2n) is 4.48. The van der Waals surface area contributed by atoms with Gasteiger partial charge in [-0.05, 0) is 24.8 Å². The van der Waals surface area contributed by atoms with Crippen LogP contribution in [0, 0.1) is 13.8 Å². The van der Waals surface area contributed by atoms with Gasteiger partial charge in [0, 0.05) is 17.5 Å². The monoisotopic (exact) mass is 220 g/mol. The minimum absolute atomic E-state index is 0.581. The van der Waals surface area contributed by atoms with Gasteiger partial charge in [0.05, 0.1) is 0 Å². The van der Waals surface area contributed by atoms with Gasteiger partial charge in [0.1, 0.15) is 11.7 Å². The molecule has 0 saturated carbocycles. The smallest absolute Gasteiger partial charge is 0.197 e. The van der Waals surface area contributed by atoms with Crippen LogP contribution in [0.15, 0.2) is 11.4 Å². The molecule has 2 heteroatoms. The maximum Gasteiger partial charge on any atom is 0.223 e. The van der Waals surface area contributed by atoms with Crippen LogP contribution in [0.3, 0.4) is 0 Å². The third-order valence-electron chi connectivity index (χ3n) is 3.20. The first-order valence-corrected chi connectivity index (χ1v) is 6.28. The molecular formula is C13H18NS+. The summed E-state index contributed by atoms with van der Waals surface area (Å²) < 4.78 is 3.78. The van der Waals surface area contributed by atoms with Crippen molar-refractivity contribution < 1.29 is 4.57 Å². The zero-order chi connectivity index (χ0) is 11.2. The molecular weight excluding hydrogens is 202 g/mol. The molecule has 2 aromatic heterocycles. The second-order valence-corrected chi connectivity index (χ2v) is 5.40. The molecule has 0 aromatic carbocycles. The summed E-state index contributed by atoms with van der Waals surface area (Å²) in [7, 11) is 2.18. The van der Waals surface area contributed by atoms with Crippen molar-refractivity contribution in [2.24, 2.45) is 7.05 Å².